The number of benzene rings is 1. The van der Waals surface area contributed by atoms with Crippen molar-refractivity contribution in [3.8, 4) is 11.5 Å². The Kier molecular flexibility index (Phi) is 6.04. The summed E-state index contributed by atoms with van der Waals surface area (Å²) in [6.07, 6.45) is 2.55. The standard InChI is InChI=1S/C17H20ClNO4/c1-3-5-9-23-17(21)14-15(20)12-7-6-11(22-8-4-2)10-13(12)16(18)19-14/h6-7,10,20H,3-5,8-9H2,1-2H3. The van der Waals surface area contributed by atoms with Crippen molar-refractivity contribution in [1.29, 1.82) is 0 Å². The molecule has 6 heteroatoms. The number of carbonyl (C=O) groups is 1. The zero-order valence-electron chi connectivity index (χ0n) is 13.3. The molecule has 2 rings (SSSR count). The fourth-order valence-electron chi connectivity index (χ4n) is 2.07. The molecule has 1 aromatic carbocycles. The molecular formula is C17H20ClNO4. The minimum Gasteiger partial charge on any atom is -0.505 e. The van der Waals surface area contributed by atoms with Gasteiger partial charge in [-0.05, 0) is 31.0 Å². The van der Waals surface area contributed by atoms with Gasteiger partial charge < -0.3 is 14.6 Å². The van der Waals surface area contributed by atoms with Crippen molar-refractivity contribution in [2.45, 2.75) is 33.1 Å². The largest absolute Gasteiger partial charge is 0.505 e. The smallest absolute Gasteiger partial charge is 0.360 e. The van der Waals surface area contributed by atoms with Crippen LogP contribution in [-0.4, -0.2) is 29.3 Å². The third-order valence-corrected chi connectivity index (χ3v) is 3.59. The molecule has 0 aliphatic heterocycles. The summed E-state index contributed by atoms with van der Waals surface area (Å²) in [6.45, 7) is 4.88. The van der Waals surface area contributed by atoms with Gasteiger partial charge in [-0.2, -0.15) is 0 Å². The number of ether oxygens (including phenoxy) is 2. The van der Waals surface area contributed by atoms with E-state index < -0.39 is 5.97 Å². The van der Waals surface area contributed by atoms with Crippen molar-refractivity contribution in [2.75, 3.05) is 13.2 Å². The van der Waals surface area contributed by atoms with Crippen molar-refractivity contribution in [2.24, 2.45) is 0 Å². The summed E-state index contributed by atoms with van der Waals surface area (Å²) in [6, 6.07) is 5.08. The van der Waals surface area contributed by atoms with Gasteiger partial charge in [0.1, 0.15) is 10.9 Å². The molecule has 2 aromatic rings. The van der Waals surface area contributed by atoms with Crippen LogP contribution in [0.15, 0.2) is 18.2 Å². The fourth-order valence-corrected chi connectivity index (χ4v) is 2.31. The molecule has 0 fully saturated rings. The van der Waals surface area contributed by atoms with Gasteiger partial charge in [-0.3, -0.25) is 0 Å². The molecule has 5 nitrogen and oxygen atoms in total. The molecule has 0 saturated heterocycles. The average Bonchev–Trinajstić information content (AvgIpc) is 2.56. The van der Waals surface area contributed by atoms with E-state index in [0.717, 1.165) is 19.3 Å². The Morgan fingerprint density at radius 3 is 2.70 bits per heavy atom. The van der Waals surface area contributed by atoms with Gasteiger partial charge in [0.15, 0.2) is 11.4 Å². The van der Waals surface area contributed by atoms with Gasteiger partial charge in [-0.15, -0.1) is 0 Å². The molecule has 1 N–H and O–H groups in total. The first kappa shape index (κ1) is 17.3. The number of pyridine rings is 1. The van der Waals surface area contributed by atoms with E-state index >= 15 is 0 Å². The summed E-state index contributed by atoms with van der Waals surface area (Å²) in [5, 5.41) is 11.4. The third-order valence-electron chi connectivity index (χ3n) is 3.30. The van der Waals surface area contributed by atoms with E-state index in [9.17, 15) is 9.90 Å². The van der Waals surface area contributed by atoms with E-state index in [4.69, 9.17) is 21.1 Å². The monoisotopic (exact) mass is 337 g/mol. The van der Waals surface area contributed by atoms with Gasteiger partial charge in [0.2, 0.25) is 0 Å². The van der Waals surface area contributed by atoms with Crippen molar-refractivity contribution in [3.63, 3.8) is 0 Å². The molecule has 0 atom stereocenters. The highest BCUT2D eigenvalue weighted by atomic mass is 35.5. The maximum absolute atomic E-state index is 12.0. The normalized spacial score (nSPS) is 10.7. The van der Waals surface area contributed by atoms with E-state index in [1.165, 1.54) is 0 Å². The number of aromatic nitrogens is 1. The maximum Gasteiger partial charge on any atom is 0.360 e. The van der Waals surface area contributed by atoms with Crippen LogP contribution >= 0.6 is 11.6 Å². The predicted molar refractivity (Wildman–Crippen MR) is 89.4 cm³/mol. The average molecular weight is 338 g/mol. The lowest BCUT2D eigenvalue weighted by molar-refractivity contribution is 0.0489. The molecule has 23 heavy (non-hydrogen) atoms. The minimum atomic E-state index is -0.675. The fraction of sp³-hybridized carbons (Fsp3) is 0.412. The van der Waals surface area contributed by atoms with E-state index in [2.05, 4.69) is 4.98 Å². The Hall–Kier alpha value is -2.01. The van der Waals surface area contributed by atoms with E-state index in [-0.39, 0.29) is 23.2 Å². The summed E-state index contributed by atoms with van der Waals surface area (Å²) in [4.78, 5) is 16.0. The molecule has 1 heterocycles. The zero-order chi connectivity index (χ0) is 16.8. The number of unbranched alkanes of at least 4 members (excludes halogenated alkanes) is 1. The van der Waals surface area contributed by atoms with Crippen molar-refractivity contribution in [1.82, 2.24) is 4.98 Å². The van der Waals surface area contributed by atoms with Crippen LogP contribution in [-0.2, 0) is 4.74 Å². The van der Waals surface area contributed by atoms with Gasteiger partial charge in [0.05, 0.1) is 13.2 Å². The van der Waals surface area contributed by atoms with Crippen molar-refractivity contribution >= 4 is 28.3 Å². The number of rotatable bonds is 7. The Balaban J connectivity index is 2.35. The molecule has 0 spiro atoms. The van der Waals surface area contributed by atoms with Gasteiger partial charge in [0, 0.05) is 10.8 Å². The molecule has 124 valence electrons. The summed E-state index contributed by atoms with van der Waals surface area (Å²) in [5.41, 5.74) is -0.166. The van der Waals surface area contributed by atoms with Crippen LogP contribution in [0.2, 0.25) is 5.15 Å². The molecule has 0 radical (unpaired) electrons. The van der Waals surface area contributed by atoms with Gasteiger partial charge >= 0.3 is 5.97 Å². The third kappa shape index (κ3) is 4.05. The molecule has 0 saturated carbocycles. The lowest BCUT2D eigenvalue weighted by atomic mass is 10.1. The number of nitrogens with zero attached hydrogens (tertiary/aromatic N) is 1. The summed E-state index contributed by atoms with van der Waals surface area (Å²) >= 11 is 6.16. The predicted octanol–water partition coefficient (Wildman–Crippen LogP) is 4.34. The second-order valence-corrected chi connectivity index (χ2v) is 5.50. The highest BCUT2D eigenvalue weighted by Crippen LogP contribution is 2.34. The summed E-state index contributed by atoms with van der Waals surface area (Å²) in [7, 11) is 0. The number of aromatic hydroxyl groups is 1. The van der Waals surface area contributed by atoms with Crippen LogP contribution < -0.4 is 4.74 Å². The molecule has 0 aliphatic carbocycles. The van der Waals surface area contributed by atoms with Crippen LogP contribution in [0.3, 0.4) is 0 Å². The number of fused-ring (bicyclic) bond motifs is 1. The second kappa shape index (κ2) is 8.02. The second-order valence-electron chi connectivity index (χ2n) is 5.15. The number of halogens is 1. The molecule has 0 unspecified atom stereocenters. The van der Waals surface area contributed by atoms with Gasteiger partial charge in [0.25, 0.3) is 0 Å². The van der Waals surface area contributed by atoms with Crippen molar-refractivity contribution in [3.05, 3.63) is 29.0 Å². The lowest BCUT2D eigenvalue weighted by Gasteiger charge is -2.11. The Bertz CT molecular complexity index is 703. The number of hydrogen-bond acceptors (Lipinski definition) is 5. The molecular weight excluding hydrogens is 318 g/mol. The maximum atomic E-state index is 12.0. The van der Waals surface area contributed by atoms with Gasteiger partial charge in [-0.25, -0.2) is 9.78 Å². The molecule has 0 amide bonds. The molecule has 0 bridgehead atoms. The number of carbonyl (C=O) groups excluding carboxylic acids is 1. The van der Waals surface area contributed by atoms with E-state index in [0.29, 0.717) is 23.1 Å². The minimum absolute atomic E-state index is 0.127. The topological polar surface area (TPSA) is 68.7 Å². The van der Waals surface area contributed by atoms with Crippen LogP contribution in [0.25, 0.3) is 10.8 Å². The van der Waals surface area contributed by atoms with Crippen LogP contribution in [0, 0.1) is 0 Å². The summed E-state index contributed by atoms with van der Waals surface area (Å²) < 4.78 is 10.6. The molecule has 1 aromatic heterocycles. The van der Waals surface area contributed by atoms with Gasteiger partial charge in [-0.1, -0.05) is 31.9 Å². The Morgan fingerprint density at radius 1 is 1.22 bits per heavy atom. The number of hydrogen-bond donors (Lipinski definition) is 1. The SMILES string of the molecule is CCCCOC(=O)c1nc(Cl)c2cc(OCCC)ccc2c1O. The van der Waals surface area contributed by atoms with E-state index in [1.54, 1.807) is 18.2 Å². The van der Waals surface area contributed by atoms with Crippen LogP contribution in [0.5, 0.6) is 11.5 Å². The van der Waals surface area contributed by atoms with E-state index in [1.807, 2.05) is 13.8 Å². The summed E-state index contributed by atoms with van der Waals surface area (Å²) in [5.74, 6) is -0.264. The highest BCUT2D eigenvalue weighted by Gasteiger charge is 2.20. The number of esters is 1. The zero-order valence-corrected chi connectivity index (χ0v) is 14.0. The first-order valence-electron chi connectivity index (χ1n) is 7.70. The Morgan fingerprint density at radius 2 is 2.00 bits per heavy atom. The van der Waals surface area contributed by atoms with Crippen LogP contribution in [0.4, 0.5) is 0 Å². The van der Waals surface area contributed by atoms with Crippen molar-refractivity contribution < 1.29 is 19.4 Å². The highest BCUT2D eigenvalue weighted by molar-refractivity contribution is 6.35. The Labute approximate surface area is 140 Å². The first-order chi connectivity index (χ1) is 11.1. The van der Waals surface area contributed by atoms with Crippen LogP contribution in [0.1, 0.15) is 43.6 Å². The first-order valence-corrected chi connectivity index (χ1v) is 8.08. The molecule has 0 aliphatic rings. The lowest BCUT2D eigenvalue weighted by Crippen LogP contribution is -2.09. The quantitative estimate of drug-likeness (QED) is 0.462.